The van der Waals surface area contributed by atoms with Crippen LogP contribution in [0.1, 0.15) is 12.5 Å². The van der Waals surface area contributed by atoms with Gasteiger partial charge in [-0.15, -0.1) is 0 Å². The predicted molar refractivity (Wildman–Crippen MR) is 84.6 cm³/mol. The van der Waals surface area contributed by atoms with E-state index in [1.165, 1.54) is 0 Å². The van der Waals surface area contributed by atoms with Crippen molar-refractivity contribution in [2.45, 2.75) is 19.1 Å². The summed E-state index contributed by atoms with van der Waals surface area (Å²) in [5, 5.41) is 5.40. The summed E-state index contributed by atoms with van der Waals surface area (Å²) in [5.74, 6) is -0.491. The van der Waals surface area contributed by atoms with E-state index in [2.05, 4.69) is 10.6 Å². The van der Waals surface area contributed by atoms with Crippen LogP contribution in [0, 0.1) is 0 Å². The zero-order chi connectivity index (χ0) is 17.0. The van der Waals surface area contributed by atoms with Gasteiger partial charge in [-0.3, -0.25) is 4.79 Å². The highest BCUT2D eigenvalue weighted by molar-refractivity contribution is 6.33. The van der Waals surface area contributed by atoms with Crippen LogP contribution in [0.15, 0.2) is 48.5 Å². The Bertz CT molecular complexity index is 689. The molecule has 0 bridgehead atoms. The average molecular weight is 343 g/mol. The summed E-state index contributed by atoms with van der Waals surface area (Å²) >= 11 is 5.85. The molecule has 0 spiro atoms. The van der Waals surface area contributed by atoms with Crippen molar-refractivity contribution in [1.29, 1.82) is 0 Å². The largest absolute Gasteiger partial charge is 0.416 e. The van der Waals surface area contributed by atoms with Gasteiger partial charge in [-0.2, -0.15) is 13.2 Å². The molecule has 2 N–H and O–H groups in total. The number of carbonyl (C=O) groups is 1. The Balaban J connectivity index is 2.10. The van der Waals surface area contributed by atoms with Crippen molar-refractivity contribution < 1.29 is 18.0 Å². The Morgan fingerprint density at radius 2 is 1.78 bits per heavy atom. The Morgan fingerprint density at radius 1 is 1.13 bits per heavy atom. The molecule has 122 valence electrons. The monoisotopic (exact) mass is 342 g/mol. The maximum Gasteiger partial charge on any atom is 0.416 e. The summed E-state index contributed by atoms with van der Waals surface area (Å²) in [6, 6.07) is 11.1. The van der Waals surface area contributed by atoms with E-state index in [0.717, 1.165) is 23.9 Å². The maximum atomic E-state index is 12.7. The lowest BCUT2D eigenvalue weighted by Gasteiger charge is -2.17. The number of halogens is 4. The second-order valence-corrected chi connectivity index (χ2v) is 5.32. The summed E-state index contributed by atoms with van der Waals surface area (Å²) < 4.78 is 38.1. The lowest BCUT2D eigenvalue weighted by Crippen LogP contribution is -2.32. The quantitative estimate of drug-likeness (QED) is 0.838. The Labute approximate surface area is 136 Å². The highest BCUT2D eigenvalue weighted by atomic mass is 35.5. The molecule has 2 rings (SSSR count). The summed E-state index contributed by atoms with van der Waals surface area (Å²) in [5.41, 5.74) is -0.223. The third-order valence-electron chi connectivity index (χ3n) is 3.10. The second kappa shape index (κ2) is 6.91. The molecule has 0 aliphatic heterocycles. The lowest BCUT2D eigenvalue weighted by molar-refractivity contribution is -0.137. The first kappa shape index (κ1) is 17.1. The van der Waals surface area contributed by atoms with Crippen molar-refractivity contribution in [3.05, 3.63) is 59.1 Å². The van der Waals surface area contributed by atoms with Gasteiger partial charge in [0, 0.05) is 5.69 Å². The topological polar surface area (TPSA) is 41.1 Å². The predicted octanol–water partition coefficient (Wildman–Crippen LogP) is 4.80. The molecule has 2 aromatic carbocycles. The summed E-state index contributed by atoms with van der Waals surface area (Å²) in [7, 11) is 0. The van der Waals surface area contributed by atoms with Gasteiger partial charge in [0.15, 0.2) is 0 Å². The molecular weight excluding hydrogens is 329 g/mol. The van der Waals surface area contributed by atoms with E-state index in [9.17, 15) is 18.0 Å². The van der Waals surface area contributed by atoms with E-state index in [1.54, 1.807) is 31.2 Å². The molecule has 1 amide bonds. The fourth-order valence-electron chi connectivity index (χ4n) is 1.89. The Hall–Kier alpha value is -2.21. The molecule has 3 nitrogen and oxygen atoms in total. The number of hydrogen-bond acceptors (Lipinski definition) is 2. The van der Waals surface area contributed by atoms with Gasteiger partial charge in [-0.1, -0.05) is 29.8 Å². The van der Waals surface area contributed by atoms with Crippen LogP contribution in [-0.2, 0) is 11.0 Å². The van der Waals surface area contributed by atoms with Crippen molar-refractivity contribution >= 4 is 28.9 Å². The minimum absolute atomic E-state index is 0.0401. The number of nitrogens with one attached hydrogen (secondary N) is 2. The molecule has 0 saturated heterocycles. The van der Waals surface area contributed by atoms with Crippen LogP contribution in [0.25, 0.3) is 0 Å². The average Bonchev–Trinajstić information content (AvgIpc) is 2.49. The van der Waals surface area contributed by atoms with Crippen LogP contribution >= 0.6 is 11.6 Å². The molecule has 1 atom stereocenters. The molecule has 0 aliphatic carbocycles. The van der Waals surface area contributed by atoms with Gasteiger partial charge in [-0.05, 0) is 37.3 Å². The van der Waals surface area contributed by atoms with Gasteiger partial charge >= 0.3 is 6.18 Å². The van der Waals surface area contributed by atoms with Gasteiger partial charge in [-0.25, -0.2) is 0 Å². The lowest BCUT2D eigenvalue weighted by atomic mass is 10.2. The van der Waals surface area contributed by atoms with Crippen LogP contribution < -0.4 is 10.6 Å². The molecule has 0 aromatic heterocycles. The van der Waals surface area contributed by atoms with Gasteiger partial charge < -0.3 is 10.6 Å². The smallest absolute Gasteiger partial charge is 0.374 e. The Kier molecular flexibility index (Phi) is 5.15. The minimum Gasteiger partial charge on any atom is -0.374 e. The third-order valence-corrected chi connectivity index (χ3v) is 3.43. The van der Waals surface area contributed by atoms with E-state index < -0.39 is 23.7 Å². The number of alkyl halides is 3. The number of rotatable bonds is 4. The van der Waals surface area contributed by atoms with Gasteiger partial charge in [0.25, 0.3) is 0 Å². The van der Waals surface area contributed by atoms with Crippen molar-refractivity contribution in [3.8, 4) is 0 Å². The fraction of sp³-hybridized carbons (Fsp3) is 0.188. The van der Waals surface area contributed by atoms with Crippen LogP contribution in [0.3, 0.4) is 0 Å². The minimum atomic E-state index is -4.50. The normalized spacial score (nSPS) is 12.6. The fourth-order valence-corrected chi connectivity index (χ4v) is 2.05. The molecule has 0 heterocycles. The highest BCUT2D eigenvalue weighted by Gasteiger charge is 2.31. The van der Waals surface area contributed by atoms with Crippen molar-refractivity contribution in [1.82, 2.24) is 0 Å². The van der Waals surface area contributed by atoms with Crippen LogP contribution in [0.2, 0.25) is 5.02 Å². The van der Waals surface area contributed by atoms with E-state index in [4.69, 9.17) is 11.6 Å². The van der Waals surface area contributed by atoms with E-state index >= 15 is 0 Å². The number of benzene rings is 2. The standard InChI is InChI=1S/C16H14ClF3N2O/c1-10(21-12-5-3-2-4-6-12)15(23)22-14-9-11(16(18,19)20)7-8-13(14)17/h2-10,21H,1H3,(H,22,23). The van der Waals surface area contributed by atoms with Crippen molar-refractivity contribution in [2.24, 2.45) is 0 Å². The molecule has 1 unspecified atom stereocenters. The van der Waals surface area contributed by atoms with Gasteiger partial charge in [0.2, 0.25) is 5.91 Å². The van der Waals surface area contributed by atoms with Crippen molar-refractivity contribution in [2.75, 3.05) is 10.6 Å². The second-order valence-electron chi connectivity index (χ2n) is 4.91. The number of hydrogen-bond donors (Lipinski definition) is 2. The van der Waals surface area contributed by atoms with Crippen LogP contribution in [0.5, 0.6) is 0 Å². The number of carbonyl (C=O) groups excluding carboxylic acids is 1. The van der Waals surface area contributed by atoms with Crippen molar-refractivity contribution in [3.63, 3.8) is 0 Å². The van der Waals surface area contributed by atoms with Crippen LogP contribution in [-0.4, -0.2) is 11.9 Å². The van der Waals surface area contributed by atoms with Gasteiger partial charge in [0.1, 0.15) is 6.04 Å². The van der Waals surface area contributed by atoms with E-state index in [0.29, 0.717) is 0 Å². The summed E-state index contributed by atoms with van der Waals surface area (Å²) in [6.07, 6.45) is -4.50. The molecule has 0 radical (unpaired) electrons. The SMILES string of the molecule is CC(Nc1ccccc1)C(=O)Nc1cc(C(F)(F)F)ccc1Cl. The van der Waals surface area contributed by atoms with Crippen LogP contribution in [0.4, 0.5) is 24.5 Å². The number of anilines is 2. The first-order valence-electron chi connectivity index (χ1n) is 6.76. The van der Waals surface area contributed by atoms with E-state index in [-0.39, 0.29) is 10.7 Å². The first-order valence-corrected chi connectivity index (χ1v) is 7.14. The zero-order valence-corrected chi connectivity index (χ0v) is 12.9. The molecule has 23 heavy (non-hydrogen) atoms. The zero-order valence-electron chi connectivity index (χ0n) is 12.1. The summed E-state index contributed by atoms with van der Waals surface area (Å²) in [4.78, 5) is 12.1. The van der Waals surface area contributed by atoms with E-state index in [1.807, 2.05) is 6.07 Å². The first-order chi connectivity index (χ1) is 10.8. The maximum absolute atomic E-state index is 12.7. The van der Waals surface area contributed by atoms with Gasteiger partial charge in [0.05, 0.1) is 16.3 Å². The molecular formula is C16H14ClF3N2O. The molecule has 0 aliphatic rings. The molecule has 0 fully saturated rings. The third kappa shape index (κ3) is 4.63. The molecule has 0 saturated carbocycles. The summed E-state index contributed by atoms with van der Waals surface area (Å²) in [6.45, 7) is 1.60. The number of amides is 1. The molecule has 2 aromatic rings. The highest BCUT2D eigenvalue weighted by Crippen LogP contribution is 2.33. The Morgan fingerprint density at radius 3 is 2.39 bits per heavy atom. The number of para-hydroxylation sites is 1. The molecule has 7 heteroatoms.